The highest BCUT2D eigenvalue weighted by molar-refractivity contribution is 6.08. The van der Waals surface area contributed by atoms with E-state index in [1.807, 2.05) is 37.3 Å². The highest BCUT2D eigenvalue weighted by Crippen LogP contribution is 2.21. The SMILES string of the molecule is CCCCCOc1ccccc1C(=O)Nc1cccc(C(=O)Nc2cccc(C)c2)c1. The van der Waals surface area contributed by atoms with Crippen molar-refractivity contribution in [1.29, 1.82) is 0 Å². The van der Waals surface area contributed by atoms with Gasteiger partial charge in [0.15, 0.2) is 0 Å². The first-order chi connectivity index (χ1) is 15.1. The molecule has 0 unspecified atom stereocenters. The van der Waals surface area contributed by atoms with E-state index in [4.69, 9.17) is 4.74 Å². The Labute approximate surface area is 183 Å². The Balaban J connectivity index is 1.68. The summed E-state index contributed by atoms with van der Waals surface area (Å²) in [7, 11) is 0. The second-order valence-corrected chi connectivity index (χ2v) is 7.41. The van der Waals surface area contributed by atoms with Crippen LogP contribution in [-0.2, 0) is 0 Å². The van der Waals surface area contributed by atoms with E-state index in [-0.39, 0.29) is 11.8 Å². The Hall–Kier alpha value is -3.60. The van der Waals surface area contributed by atoms with Crippen LogP contribution in [0.25, 0.3) is 0 Å². The zero-order chi connectivity index (χ0) is 22.1. The van der Waals surface area contributed by atoms with Gasteiger partial charge in [-0.3, -0.25) is 9.59 Å². The Morgan fingerprint density at radius 3 is 2.29 bits per heavy atom. The Morgan fingerprint density at radius 2 is 1.52 bits per heavy atom. The zero-order valence-electron chi connectivity index (χ0n) is 18.0. The molecule has 0 saturated heterocycles. The van der Waals surface area contributed by atoms with E-state index in [1.54, 1.807) is 42.5 Å². The number of aryl methyl sites for hydroxylation is 1. The molecule has 2 N–H and O–H groups in total. The summed E-state index contributed by atoms with van der Waals surface area (Å²) in [6.45, 7) is 4.68. The van der Waals surface area contributed by atoms with Gasteiger partial charge in [0.25, 0.3) is 11.8 Å². The number of ether oxygens (including phenoxy) is 1. The molecule has 0 spiro atoms. The number of hydrogen-bond acceptors (Lipinski definition) is 3. The quantitative estimate of drug-likeness (QED) is 0.416. The van der Waals surface area contributed by atoms with Gasteiger partial charge in [-0.1, -0.05) is 50.1 Å². The van der Waals surface area contributed by atoms with Crippen LogP contribution in [0.3, 0.4) is 0 Å². The lowest BCUT2D eigenvalue weighted by molar-refractivity contribution is 0.101. The molecular formula is C26H28N2O3. The fourth-order valence-corrected chi connectivity index (χ4v) is 3.18. The van der Waals surface area contributed by atoms with Gasteiger partial charge in [0.2, 0.25) is 0 Å². The third kappa shape index (κ3) is 6.44. The molecular weight excluding hydrogens is 388 g/mol. The average molecular weight is 417 g/mol. The lowest BCUT2D eigenvalue weighted by Crippen LogP contribution is -2.15. The average Bonchev–Trinajstić information content (AvgIpc) is 2.77. The van der Waals surface area contributed by atoms with E-state index in [9.17, 15) is 9.59 Å². The van der Waals surface area contributed by atoms with E-state index >= 15 is 0 Å². The number of unbranched alkanes of at least 4 members (excludes halogenated alkanes) is 2. The van der Waals surface area contributed by atoms with Crippen molar-refractivity contribution in [3.63, 3.8) is 0 Å². The van der Waals surface area contributed by atoms with Crippen molar-refractivity contribution in [2.24, 2.45) is 0 Å². The predicted octanol–water partition coefficient (Wildman–Crippen LogP) is 6.07. The summed E-state index contributed by atoms with van der Waals surface area (Å²) >= 11 is 0. The predicted molar refractivity (Wildman–Crippen MR) is 125 cm³/mol. The third-order valence-corrected chi connectivity index (χ3v) is 4.80. The number of benzene rings is 3. The first-order valence-corrected chi connectivity index (χ1v) is 10.6. The third-order valence-electron chi connectivity index (χ3n) is 4.80. The summed E-state index contributed by atoms with van der Waals surface area (Å²) in [4.78, 5) is 25.5. The van der Waals surface area contributed by atoms with Crippen LogP contribution in [-0.4, -0.2) is 18.4 Å². The standard InChI is InChI=1S/C26H28N2O3/c1-3-4-7-16-31-24-15-6-5-14-23(24)26(30)28-22-13-9-11-20(18-22)25(29)27-21-12-8-10-19(2)17-21/h5-6,8-15,17-18H,3-4,7,16H2,1-2H3,(H,27,29)(H,28,30). The molecule has 0 atom stereocenters. The van der Waals surface area contributed by atoms with Gasteiger partial charge in [-0.05, 0) is 61.4 Å². The van der Waals surface area contributed by atoms with Gasteiger partial charge < -0.3 is 15.4 Å². The molecule has 0 bridgehead atoms. The number of para-hydroxylation sites is 1. The molecule has 0 aliphatic carbocycles. The summed E-state index contributed by atoms with van der Waals surface area (Å²) in [5.41, 5.74) is 3.27. The van der Waals surface area contributed by atoms with E-state index in [0.29, 0.717) is 29.2 Å². The van der Waals surface area contributed by atoms with Gasteiger partial charge in [-0.2, -0.15) is 0 Å². The van der Waals surface area contributed by atoms with Crippen molar-refractivity contribution in [3.8, 4) is 5.75 Å². The monoisotopic (exact) mass is 416 g/mol. The summed E-state index contributed by atoms with van der Waals surface area (Å²) in [5, 5.41) is 5.75. The van der Waals surface area contributed by atoms with E-state index in [0.717, 1.165) is 30.5 Å². The fraction of sp³-hybridized carbons (Fsp3) is 0.231. The number of carbonyl (C=O) groups excluding carboxylic acids is 2. The molecule has 160 valence electrons. The molecule has 0 heterocycles. The highest BCUT2D eigenvalue weighted by Gasteiger charge is 2.14. The van der Waals surface area contributed by atoms with Gasteiger partial charge in [0.05, 0.1) is 12.2 Å². The van der Waals surface area contributed by atoms with Crippen LogP contribution in [0.1, 0.15) is 52.5 Å². The van der Waals surface area contributed by atoms with Crippen LogP contribution >= 0.6 is 0 Å². The van der Waals surface area contributed by atoms with Crippen LogP contribution in [0.15, 0.2) is 72.8 Å². The Kier molecular flexibility index (Phi) is 7.82. The summed E-state index contributed by atoms with van der Waals surface area (Å²) < 4.78 is 5.81. The maximum Gasteiger partial charge on any atom is 0.259 e. The summed E-state index contributed by atoms with van der Waals surface area (Å²) in [6.07, 6.45) is 3.15. The molecule has 0 aromatic heterocycles. The Bertz CT molecular complexity index is 1050. The largest absolute Gasteiger partial charge is 0.493 e. The van der Waals surface area contributed by atoms with E-state index in [1.165, 1.54) is 0 Å². The van der Waals surface area contributed by atoms with Crippen LogP contribution in [0.5, 0.6) is 5.75 Å². The minimum absolute atomic E-state index is 0.235. The molecule has 0 saturated carbocycles. The maximum absolute atomic E-state index is 12.8. The van der Waals surface area contributed by atoms with Crippen LogP contribution in [0, 0.1) is 6.92 Å². The minimum Gasteiger partial charge on any atom is -0.493 e. The summed E-state index contributed by atoms with van der Waals surface area (Å²) in [5.74, 6) is 0.0492. The topological polar surface area (TPSA) is 67.4 Å². The minimum atomic E-state index is -0.276. The first kappa shape index (κ1) is 22.1. The fourth-order valence-electron chi connectivity index (χ4n) is 3.18. The maximum atomic E-state index is 12.8. The molecule has 3 aromatic carbocycles. The lowest BCUT2D eigenvalue weighted by atomic mass is 10.1. The van der Waals surface area contributed by atoms with Crippen molar-refractivity contribution in [2.75, 3.05) is 17.2 Å². The molecule has 5 nitrogen and oxygen atoms in total. The van der Waals surface area contributed by atoms with Gasteiger partial charge in [0, 0.05) is 16.9 Å². The first-order valence-electron chi connectivity index (χ1n) is 10.6. The van der Waals surface area contributed by atoms with Gasteiger partial charge in [-0.15, -0.1) is 0 Å². The number of carbonyl (C=O) groups is 2. The van der Waals surface area contributed by atoms with Crippen molar-refractivity contribution in [2.45, 2.75) is 33.1 Å². The van der Waals surface area contributed by atoms with Crippen molar-refractivity contribution < 1.29 is 14.3 Å². The molecule has 5 heteroatoms. The van der Waals surface area contributed by atoms with Crippen LogP contribution in [0.4, 0.5) is 11.4 Å². The highest BCUT2D eigenvalue weighted by atomic mass is 16.5. The van der Waals surface area contributed by atoms with E-state index < -0.39 is 0 Å². The molecule has 3 aromatic rings. The normalized spacial score (nSPS) is 10.4. The lowest BCUT2D eigenvalue weighted by Gasteiger charge is -2.12. The number of rotatable bonds is 9. The van der Waals surface area contributed by atoms with Gasteiger partial charge in [0.1, 0.15) is 5.75 Å². The zero-order valence-corrected chi connectivity index (χ0v) is 18.0. The molecule has 0 radical (unpaired) electrons. The number of hydrogen-bond donors (Lipinski definition) is 2. The van der Waals surface area contributed by atoms with Crippen molar-refractivity contribution in [1.82, 2.24) is 0 Å². The van der Waals surface area contributed by atoms with Crippen LogP contribution in [0.2, 0.25) is 0 Å². The molecule has 0 aliphatic heterocycles. The molecule has 3 rings (SSSR count). The van der Waals surface area contributed by atoms with Crippen molar-refractivity contribution in [3.05, 3.63) is 89.5 Å². The van der Waals surface area contributed by atoms with Crippen LogP contribution < -0.4 is 15.4 Å². The number of nitrogens with one attached hydrogen (secondary N) is 2. The molecule has 0 aliphatic rings. The smallest absolute Gasteiger partial charge is 0.259 e. The van der Waals surface area contributed by atoms with Gasteiger partial charge >= 0.3 is 0 Å². The Morgan fingerprint density at radius 1 is 0.806 bits per heavy atom. The number of amides is 2. The van der Waals surface area contributed by atoms with E-state index in [2.05, 4.69) is 17.6 Å². The van der Waals surface area contributed by atoms with Crippen molar-refractivity contribution >= 4 is 23.2 Å². The molecule has 2 amide bonds. The molecule has 31 heavy (non-hydrogen) atoms. The second kappa shape index (κ2) is 11.0. The molecule has 0 fully saturated rings. The number of anilines is 2. The van der Waals surface area contributed by atoms with Gasteiger partial charge in [-0.25, -0.2) is 0 Å². The second-order valence-electron chi connectivity index (χ2n) is 7.41. The summed E-state index contributed by atoms with van der Waals surface area (Å²) in [6, 6.07) is 21.7.